The Morgan fingerprint density at radius 2 is 2.11 bits per heavy atom. The minimum Gasteiger partial charge on any atom is -0.372 e. The van der Waals surface area contributed by atoms with Crippen molar-refractivity contribution in [2.45, 2.75) is 18.7 Å². The Balaban J connectivity index is 2.60. The van der Waals surface area contributed by atoms with Crippen LogP contribution in [0, 0.1) is 0 Å². The van der Waals surface area contributed by atoms with Gasteiger partial charge in [-0.25, -0.2) is 0 Å². The zero-order valence-corrected chi connectivity index (χ0v) is 11.5. The van der Waals surface area contributed by atoms with Gasteiger partial charge in [0.1, 0.15) is 0 Å². The van der Waals surface area contributed by atoms with Crippen molar-refractivity contribution in [2.24, 2.45) is 0 Å². The number of hydrogen-bond acceptors (Lipinski definition) is 2. The summed E-state index contributed by atoms with van der Waals surface area (Å²) in [5.74, 6) is 0. The topological polar surface area (TPSA) is 21.3 Å². The zero-order chi connectivity index (χ0) is 13.6. The summed E-state index contributed by atoms with van der Waals surface area (Å²) in [5, 5.41) is 2.91. The van der Waals surface area contributed by atoms with Crippen molar-refractivity contribution in [3.05, 3.63) is 34.3 Å². The standard InChI is InChI=1S/C12H15BrF3NO/c1-17-8-11(18-6-5-12(14,15)16)9-3-2-4-10(13)7-9/h2-4,7,11,17H,5-6,8H2,1H3. The fraction of sp³-hybridized carbons (Fsp3) is 0.500. The third-order valence-electron chi connectivity index (χ3n) is 2.31. The Morgan fingerprint density at radius 3 is 2.67 bits per heavy atom. The Kier molecular flexibility index (Phi) is 6.11. The predicted octanol–water partition coefficient (Wildman–Crippen LogP) is 3.68. The first-order valence-corrected chi connectivity index (χ1v) is 6.30. The molecule has 0 aliphatic heterocycles. The Bertz CT molecular complexity index is 371. The fourth-order valence-electron chi connectivity index (χ4n) is 1.48. The van der Waals surface area contributed by atoms with Gasteiger partial charge in [0, 0.05) is 11.0 Å². The minimum absolute atomic E-state index is 0.331. The van der Waals surface area contributed by atoms with E-state index in [0.717, 1.165) is 10.0 Å². The molecule has 1 aromatic rings. The van der Waals surface area contributed by atoms with E-state index in [-0.39, 0.29) is 12.7 Å². The molecule has 1 rings (SSSR count). The van der Waals surface area contributed by atoms with Gasteiger partial charge in [0.05, 0.1) is 19.1 Å². The molecule has 0 spiro atoms. The normalized spacial score (nSPS) is 13.6. The molecule has 0 aliphatic carbocycles. The van der Waals surface area contributed by atoms with Crippen LogP contribution in [0.5, 0.6) is 0 Å². The number of benzene rings is 1. The quantitative estimate of drug-likeness (QED) is 0.861. The van der Waals surface area contributed by atoms with Crippen molar-refractivity contribution >= 4 is 15.9 Å². The molecule has 0 heterocycles. The summed E-state index contributed by atoms with van der Waals surface area (Å²) in [6, 6.07) is 7.36. The monoisotopic (exact) mass is 325 g/mol. The van der Waals surface area contributed by atoms with Crippen LogP contribution in [0.1, 0.15) is 18.1 Å². The molecule has 0 bridgehead atoms. The first-order chi connectivity index (χ1) is 8.42. The van der Waals surface area contributed by atoms with E-state index in [4.69, 9.17) is 4.74 Å². The highest BCUT2D eigenvalue weighted by atomic mass is 79.9. The number of hydrogen-bond donors (Lipinski definition) is 1. The first-order valence-electron chi connectivity index (χ1n) is 5.51. The van der Waals surface area contributed by atoms with E-state index in [2.05, 4.69) is 21.2 Å². The van der Waals surface area contributed by atoms with Gasteiger partial charge in [-0.3, -0.25) is 0 Å². The number of nitrogens with one attached hydrogen (secondary N) is 1. The Labute approximate surface area is 113 Å². The molecule has 2 nitrogen and oxygen atoms in total. The van der Waals surface area contributed by atoms with Gasteiger partial charge in [0.25, 0.3) is 0 Å². The lowest BCUT2D eigenvalue weighted by molar-refractivity contribution is -0.149. The van der Waals surface area contributed by atoms with E-state index in [0.29, 0.717) is 6.54 Å². The molecule has 0 saturated carbocycles. The molecule has 1 N–H and O–H groups in total. The molecule has 0 fully saturated rings. The molecule has 0 radical (unpaired) electrons. The van der Waals surface area contributed by atoms with E-state index >= 15 is 0 Å². The van der Waals surface area contributed by atoms with Gasteiger partial charge in [0.2, 0.25) is 0 Å². The molecule has 1 aromatic carbocycles. The van der Waals surface area contributed by atoms with Crippen LogP contribution in [0.3, 0.4) is 0 Å². The summed E-state index contributed by atoms with van der Waals surface area (Å²) in [6.07, 6.45) is -5.49. The van der Waals surface area contributed by atoms with Gasteiger partial charge in [-0.15, -0.1) is 0 Å². The maximum Gasteiger partial charge on any atom is 0.391 e. The molecule has 1 unspecified atom stereocenters. The highest BCUT2D eigenvalue weighted by molar-refractivity contribution is 9.10. The molecule has 0 aliphatic rings. The van der Waals surface area contributed by atoms with Crippen LogP contribution in [0.15, 0.2) is 28.7 Å². The van der Waals surface area contributed by atoms with Crippen molar-refractivity contribution in [1.29, 1.82) is 0 Å². The van der Waals surface area contributed by atoms with Crippen LogP contribution < -0.4 is 5.32 Å². The van der Waals surface area contributed by atoms with Gasteiger partial charge in [-0.05, 0) is 24.7 Å². The van der Waals surface area contributed by atoms with E-state index in [1.165, 1.54) is 0 Å². The first kappa shape index (κ1) is 15.5. The van der Waals surface area contributed by atoms with Crippen LogP contribution >= 0.6 is 15.9 Å². The number of rotatable bonds is 6. The van der Waals surface area contributed by atoms with Crippen molar-refractivity contribution < 1.29 is 17.9 Å². The maximum absolute atomic E-state index is 12.1. The Hall–Kier alpha value is -0.590. The Morgan fingerprint density at radius 1 is 1.39 bits per heavy atom. The molecule has 6 heteroatoms. The van der Waals surface area contributed by atoms with Gasteiger partial charge in [0.15, 0.2) is 0 Å². The molecule has 1 atom stereocenters. The minimum atomic E-state index is -4.18. The lowest BCUT2D eigenvalue weighted by Gasteiger charge is -2.19. The van der Waals surface area contributed by atoms with E-state index < -0.39 is 12.6 Å². The molecule has 0 saturated heterocycles. The second kappa shape index (κ2) is 7.11. The number of ether oxygens (including phenoxy) is 1. The van der Waals surface area contributed by atoms with Crippen LogP contribution in [-0.2, 0) is 4.74 Å². The average Bonchev–Trinajstić information content (AvgIpc) is 2.26. The van der Waals surface area contributed by atoms with Crippen LogP contribution in [0.25, 0.3) is 0 Å². The third kappa shape index (κ3) is 5.84. The highest BCUT2D eigenvalue weighted by Gasteiger charge is 2.27. The van der Waals surface area contributed by atoms with Gasteiger partial charge >= 0.3 is 6.18 Å². The molecule has 0 aromatic heterocycles. The second-order valence-electron chi connectivity index (χ2n) is 3.84. The zero-order valence-electron chi connectivity index (χ0n) is 9.93. The third-order valence-corrected chi connectivity index (χ3v) is 2.81. The predicted molar refractivity (Wildman–Crippen MR) is 67.4 cm³/mol. The molecular formula is C12H15BrF3NO. The lowest BCUT2D eigenvalue weighted by Crippen LogP contribution is -2.22. The second-order valence-corrected chi connectivity index (χ2v) is 4.75. The van der Waals surface area contributed by atoms with Gasteiger partial charge in [-0.1, -0.05) is 28.1 Å². The SMILES string of the molecule is CNCC(OCCC(F)(F)F)c1cccc(Br)c1. The summed E-state index contributed by atoms with van der Waals surface area (Å²) in [7, 11) is 1.73. The lowest BCUT2D eigenvalue weighted by atomic mass is 10.1. The summed E-state index contributed by atoms with van der Waals surface area (Å²) in [4.78, 5) is 0. The summed E-state index contributed by atoms with van der Waals surface area (Å²) in [5.41, 5.74) is 0.848. The number of alkyl halides is 3. The van der Waals surface area contributed by atoms with E-state index in [9.17, 15) is 13.2 Å². The summed E-state index contributed by atoms with van der Waals surface area (Å²) >= 11 is 3.33. The molecule has 18 heavy (non-hydrogen) atoms. The van der Waals surface area contributed by atoms with Crippen LogP contribution in [0.4, 0.5) is 13.2 Å². The van der Waals surface area contributed by atoms with E-state index in [1.54, 1.807) is 7.05 Å². The van der Waals surface area contributed by atoms with Crippen LogP contribution in [0.2, 0.25) is 0 Å². The smallest absolute Gasteiger partial charge is 0.372 e. The maximum atomic E-state index is 12.1. The average molecular weight is 326 g/mol. The van der Waals surface area contributed by atoms with Gasteiger partial charge < -0.3 is 10.1 Å². The summed E-state index contributed by atoms with van der Waals surface area (Å²) < 4.78 is 42.3. The number of halogens is 4. The van der Waals surface area contributed by atoms with Crippen molar-refractivity contribution in [3.8, 4) is 0 Å². The van der Waals surface area contributed by atoms with Crippen LogP contribution in [-0.4, -0.2) is 26.4 Å². The molecule has 0 amide bonds. The van der Waals surface area contributed by atoms with Crippen molar-refractivity contribution in [3.63, 3.8) is 0 Å². The number of likely N-dealkylation sites (N-methyl/N-ethyl adjacent to an activating group) is 1. The van der Waals surface area contributed by atoms with Crippen molar-refractivity contribution in [2.75, 3.05) is 20.2 Å². The molecule has 102 valence electrons. The largest absolute Gasteiger partial charge is 0.391 e. The summed E-state index contributed by atoms with van der Waals surface area (Å²) in [6.45, 7) is 0.136. The fourth-order valence-corrected chi connectivity index (χ4v) is 1.90. The molecular weight excluding hydrogens is 311 g/mol. The highest BCUT2D eigenvalue weighted by Crippen LogP contribution is 2.24. The van der Waals surface area contributed by atoms with E-state index in [1.807, 2.05) is 24.3 Å². The van der Waals surface area contributed by atoms with Gasteiger partial charge in [-0.2, -0.15) is 13.2 Å². The van der Waals surface area contributed by atoms with Crippen molar-refractivity contribution in [1.82, 2.24) is 5.32 Å².